The minimum absolute atomic E-state index is 0.538. The van der Waals surface area contributed by atoms with Crippen LogP contribution in [0.1, 0.15) is 25.0 Å². The standard InChI is InChI=1S/C15H24N4/c1-12(2)11-19(9-8-18(4)5)15-14(10-16)13(3)6-7-17-15/h6-7,12H,8-9,11H2,1-5H3. The summed E-state index contributed by atoms with van der Waals surface area (Å²) >= 11 is 0. The molecule has 1 aromatic heterocycles. The Labute approximate surface area is 116 Å². The van der Waals surface area contributed by atoms with E-state index in [1.54, 1.807) is 6.20 Å². The first-order chi connectivity index (χ1) is 8.95. The van der Waals surface area contributed by atoms with Crippen LogP contribution >= 0.6 is 0 Å². The molecule has 0 atom stereocenters. The first-order valence-corrected chi connectivity index (χ1v) is 6.71. The third-order valence-corrected chi connectivity index (χ3v) is 2.95. The molecule has 0 aliphatic rings. The van der Waals surface area contributed by atoms with Gasteiger partial charge in [0.05, 0.1) is 5.56 Å². The Morgan fingerprint density at radius 2 is 2.00 bits per heavy atom. The summed E-state index contributed by atoms with van der Waals surface area (Å²) in [6, 6.07) is 4.18. The van der Waals surface area contributed by atoms with Crippen molar-refractivity contribution in [3.8, 4) is 6.07 Å². The predicted octanol–water partition coefficient (Wildman–Crippen LogP) is 2.29. The zero-order valence-corrected chi connectivity index (χ0v) is 12.6. The SMILES string of the molecule is Cc1ccnc(N(CCN(C)C)CC(C)C)c1C#N. The summed E-state index contributed by atoms with van der Waals surface area (Å²) < 4.78 is 0. The van der Waals surface area contributed by atoms with Gasteiger partial charge in [0.25, 0.3) is 0 Å². The molecule has 0 fully saturated rings. The van der Waals surface area contributed by atoms with E-state index in [9.17, 15) is 5.26 Å². The molecule has 104 valence electrons. The van der Waals surface area contributed by atoms with Crippen LogP contribution in [-0.4, -0.2) is 43.6 Å². The van der Waals surface area contributed by atoms with E-state index in [0.717, 1.165) is 31.0 Å². The number of aryl methyl sites for hydroxylation is 1. The molecule has 4 nitrogen and oxygen atoms in total. The molecule has 1 rings (SSSR count). The van der Waals surface area contributed by atoms with Crippen molar-refractivity contribution >= 4 is 5.82 Å². The number of pyridine rings is 1. The Morgan fingerprint density at radius 1 is 1.32 bits per heavy atom. The van der Waals surface area contributed by atoms with E-state index in [1.165, 1.54) is 0 Å². The maximum Gasteiger partial charge on any atom is 0.146 e. The van der Waals surface area contributed by atoms with E-state index in [4.69, 9.17) is 0 Å². The lowest BCUT2D eigenvalue weighted by Crippen LogP contribution is -2.35. The molecule has 0 N–H and O–H groups in total. The Hall–Kier alpha value is -1.60. The third-order valence-electron chi connectivity index (χ3n) is 2.95. The summed E-state index contributed by atoms with van der Waals surface area (Å²) in [7, 11) is 4.12. The zero-order chi connectivity index (χ0) is 14.4. The molecule has 0 saturated carbocycles. The molecule has 19 heavy (non-hydrogen) atoms. The van der Waals surface area contributed by atoms with Crippen LogP contribution in [0.2, 0.25) is 0 Å². The van der Waals surface area contributed by atoms with Crippen molar-refractivity contribution in [2.45, 2.75) is 20.8 Å². The second-order valence-corrected chi connectivity index (χ2v) is 5.58. The van der Waals surface area contributed by atoms with Crippen LogP contribution in [0.15, 0.2) is 12.3 Å². The van der Waals surface area contributed by atoms with Crippen molar-refractivity contribution < 1.29 is 0 Å². The fraction of sp³-hybridized carbons (Fsp3) is 0.600. The van der Waals surface area contributed by atoms with E-state index in [0.29, 0.717) is 11.5 Å². The first kappa shape index (κ1) is 15.5. The Kier molecular flexibility index (Phi) is 5.78. The molecular weight excluding hydrogens is 236 g/mol. The lowest BCUT2D eigenvalue weighted by molar-refractivity contribution is 0.408. The Bertz CT molecular complexity index is 446. The second-order valence-electron chi connectivity index (χ2n) is 5.58. The summed E-state index contributed by atoms with van der Waals surface area (Å²) in [6.07, 6.45) is 1.79. The van der Waals surface area contributed by atoms with Gasteiger partial charge in [-0.05, 0) is 38.6 Å². The molecule has 4 heteroatoms. The third kappa shape index (κ3) is 4.53. The van der Waals surface area contributed by atoms with Gasteiger partial charge in [-0.2, -0.15) is 5.26 Å². The number of rotatable bonds is 6. The van der Waals surface area contributed by atoms with Gasteiger partial charge in [0.2, 0.25) is 0 Å². The van der Waals surface area contributed by atoms with Crippen LogP contribution in [0.3, 0.4) is 0 Å². The number of nitrogens with zero attached hydrogens (tertiary/aromatic N) is 4. The highest BCUT2D eigenvalue weighted by Gasteiger charge is 2.15. The van der Waals surface area contributed by atoms with Crippen LogP contribution in [0, 0.1) is 24.2 Å². The molecule has 0 spiro atoms. The Balaban J connectivity index is 3.03. The lowest BCUT2D eigenvalue weighted by atomic mass is 10.1. The summed E-state index contributed by atoms with van der Waals surface area (Å²) in [5.74, 6) is 1.36. The number of nitriles is 1. The molecule has 0 bridgehead atoms. The maximum absolute atomic E-state index is 9.33. The average molecular weight is 260 g/mol. The van der Waals surface area contributed by atoms with Crippen LogP contribution in [0.5, 0.6) is 0 Å². The van der Waals surface area contributed by atoms with Gasteiger partial charge in [0.1, 0.15) is 11.9 Å². The lowest BCUT2D eigenvalue weighted by Gasteiger charge is -2.28. The molecule has 0 aliphatic carbocycles. The average Bonchev–Trinajstić information content (AvgIpc) is 2.33. The first-order valence-electron chi connectivity index (χ1n) is 6.71. The van der Waals surface area contributed by atoms with Gasteiger partial charge < -0.3 is 9.80 Å². The van der Waals surface area contributed by atoms with Crippen LogP contribution in [-0.2, 0) is 0 Å². The molecule has 0 aliphatic heterocycles. The van der Waals surface area contributed by atoms with E-state index >= 15 is 0 Å². The minimum Gasteiger partial charge on any atom is -0.354 e. The zero-order valence-electron chi connectivity index (χ0n) is 12.6. The fourth-order valence-corrected chi connectivity index (χ4v) is 1.97. The monoisotopic (exact) mass is 260 g/mol. The summed E-state index contributed by atoms with van der Waals surface area (Å²) in [5.41, 5.74) is 1.69. The highest BCUT2D eigenvalue weighted by Crippen LogP contribution is 2.20. The maximum atomic E-state index is 9.33. The highest BCUT2D eigenvalue weighted by atomic mass is 15.2. The Morgan fingerprint density at radius 3 is 2.53 bits per heavy atom. The van der Waals surface area contributed by atoms with E-state index in [-0.39, 0.29) is 0 Å². The van der Waals surface area contributed by atoms with Gasteiger partial charge in [-0.3, -0.25) is 0 Å². The fourth-order valence-electron chi connectivity index (χ4n) is 1.97. The quantitative estimate of drug-likeness (QED) is 0.787. The molecule has 0 aromatic carbocycles. The highest BCUT2D eigenvalue weighted by molar-refractivity contribution is 5.57. The van der Waals surface area contributed by atoms with Crippen LogP contribution in [0.4, 0.5) is 5.82 Å². The van der Waals surface area contributed by atoms with Gasteiger partial charge in [-0.25, -0.2) is 4.98 Å². The molecular formula is C15H24N4. The summed E-state index contributed by atoms with van der Waals surface area (Å²) in [5, 5.41) is 9.33. The predicted molar refractivity (Wildman–Crippen MR) is 79.3 cm³/mol. The normalized spacial score (nSPS) is 10.8. The number of anilines is 1. The number of hydrogen-bond acceptors (Lipinski definition) is 4. The van der Waals surface area contributed by atoms with Crippen molar-refractivity contribution in [3.05, 3.63) is 23.4 Å². The summed E-state index contributed by atoms with van der Waals surface area (Å²) in [4.78, 5) is 8.79. The topological polar surface area (TPSA) is 43.2 Å². The van der Waals surface area contributed by atoms with Crippen LogP contribution < -0.4 is 4.90 Å². The van der Waals surface area contributed by atoms with Crippen molar-refractivity contribution in [2.24, 2.45) is 5.92 Å². The van der Waals surface area contributed by atoms with Gasteiger partial charge in [0.15, 0.2) is 0 Å². The van der Waals surface area contributed by atoms with Gasteiger partial charge in [-0.15, -0.1) is 0 Å². The molecule has 0 saturated heterocycles. The number of likely N-dealkylation sites (N-methyl/N-ethyl adjacent to an activating group) is 1. The smallest absolute Gasteiger partial charge is 0.146 e. The van der Waals surface area contributed by atoms with E-state index in [2.05, 4.69) is 48.8 Å². The van der Waals surface area contributed by atoms with E-state index in [1.807, 2.05) is 13.0 Å². The van der Waals surface area contributed by atoms with Crippen molar-refractivity contribution in [1.82, 2.24) is 9.88 Å². The van der Waals surface area contributed by atoms with Gasteiger partial charge in [-0.1, -0.05) is 13.8 Å². The molecule has 0 radical (unpaired) electrons. The van der Waals surface area contributed by atoms with Crippen molar-refractivity contribution in [2.75, 3.05) is 38.6 Å². The van der Waals surface area contributed by atoms with Crippen molar-refractivity contribution in [3.63, 3.8) is 0 Å². The minimum atomic E-state index is 0.538. The van der Waals surface area contributed by atoms with Gasteiger partial charge in [0, 0.05) is 25.8 Å². The molecule has 1 heterocycles. The van der Waals surface area contributed by atoms with Gasteiger partial charge >= 0.3 is 0 Å². The largest absolute Gasteiger partial charge is 0.354 e. The summed E-state index contributed by atoms with van der Waals surface area (Å²) in [6.45, 7) is 9.08. The molecule has 0 unspecified atom stereocenters. The number of hydrogen-bond donors (Lipinski definition) is 0. The molecule has 1 aromatic rings. The van der Waals surface area contributed by atoms with Crippen molar-refractivity contribution in [1.29, 1.82) is 5.26 Å². The second kappa shape index (κ2) is 7.10. The number of aromatic nitrogens is 1. The van der Waals surface area contributed by atoms with Crippen LogP contribution in [0.25, 0.3) is 0 Å². The molecule has 0 amide bonds. The van der Waals surface area contributed by atoms with E-state index < -0.39 is 0 Å².